The molecule has 2 aromatic rings. The number of ether oxygens (including phenoxy) is 4. The number of hydrogen-bond acceptors (Lipinski definition) is 12. The molecule has 16 nitrogen and oxygen atoms in total. The summed E-state index contributed by atoms with van der Waals surface area (Å²) in [5.41, 5.74) is 12.9. The van der Waals surface area contributed by atoms with E-state index in [1.165, 1.54) is 21.9 Å². The molecule has 78 heavy (non-hydrogen) atoms. The number of nitrogens with two attached hydrogens (primary N) is 2. The number of phenols is 1. The van der Waals surface area contributed by atoms with Crippen LogP contribution in [0.4, 0.5) is 0 Å². The highest BCUT2D eigenvalue weighted by atomic mass is 28.3. The van der Waals surface area contributed by atoms with Crippen LogP contribution < -0.4 is 16.2 Å². The largest absolute Gasteiger partial charge is 0.507 e. The number of primary amides is 2. The van der Waals surface area contributed by atoms with Gasteiger partial charge in [-0.2, -0.15) is 0 Å². The van der Waals surface area contributed by atoms with E-state index >= 15 is 0 Å². The van der Waals surface area contributed by atoms with Gasteiger partial charge in [0.2, 0.25) is 11.8 Å². The Balaban J connectivity index is 0.000000419. The van der Waals surface area contributed by atoms with Crippen molar-refractivity contribution < 1.29 is 57.9 Å². The van der Waals surface area contributed by atoms with E-state index < -0.39 is 44.0 Å². The number of carbonyl (C=O) groups excluding carboxylic acids is 6. The molecule has 4 amide bonds. The number of carbonyl (C=O) groups is 6. The van der Waals surface area contributed by atoms with Crippen molar-refractivity contribution >= 4 is 43.6 Å². The molecule has 6 N–H and O–H groups in total. The van der Waals surface area contributed by atoms with Gasteiger partial charge in [-0.1, -0.05) is 140 Å². The Bertz CT molecular complexity index is 2250. The monoisotopic (exact) mass is 1100 g/mol. The maximum Gasteiger partial charge on any atom is 0.329 e. The molecule has 0 saturated carbocycles. The zero-order valence-electron chi connectivity index (χ0n) is 48.4. The Morgan fingerprint density at radius 2 is 1.05 bits per heavy atom. The second-order valence-corrected chi connectivity index (χ2v) is 28.2. The summed E-state index contributed by atoms with van der Waals surface area (Å²) in [5.74, 6) is -2.32. The van der Waals surface area contributed by atoms with E-state index in [0.29, 0.717) is 50.0 Å². The predicted octanol–water partition coefficient (Wildman–Crippen LogP) is 11.6. The molecule has 0 aliphatic carbocycles. The topological polar surface area (TPSA) is 238 Å². The first-order valence-corrected chi connectivity index (χ1v) is 32.6. The summed E-state index contributed by atoms with van der Waals surface area (Å²) in [6.45, 7) is 17.5. The lowest BCUT2D eigenvalue weighted by molar-refractivity contribution is -0.155. The van der Waals surface area contributed by atoms with Crippen LogP contribution in [0.15, 0.2) is 72.1 Å². The predicted molar refractivity (Wildman–Crippen MR) is 308 cm³/mol. The van der Waals surface area contributed by atoms with Gasteiger partial charge in [-0.15, -0.1) is 0 Å². The minimum atomic E-state index is -1.21. The molecule has 0 fully saturated rings. The number of aliphatic hydroxyl groups is 1. The third-order valence-electron chi connectivity index (χ3n) is 14.3. The number of rotatable bonds is 36. The minimum Gasteiger partial charge on any atom is -0.507 e. The van der Waals surface area contributed by atoms with Crippen LogP contribution in [-0.4, -0.2) is 107 Å². The molecule has 0 spiro atoms. The molecule has 0 bridgehead atoms. The summed E-state index contributed by atoms with van der Waals surface area (Å²) in [5, 5.41) is 19.6. The first-order chi connectivity index (χ1) is 37.2. The SMILES string of the molecule is CCCCCC[C@H](CCCCC[C@@H](C)C(N)=O)OC(=O)[C@@H]1CC(C)=CN1C(=O)c1ccccc1OCOCC[Si](C)(C)C.CCCCCC[C@H](CCCCC[C@@H](O)C(N)=O)OC(=O)[C@@H]1CC(C)=CN1C(=O)c1ccccc1O. The normalized spacial score (nSPS) is 16.7. The van der Waals surface area contributed by atoms with Crippen molar-refractivity contribution in [1.29, 1.82) is 0 Å². The fourth-order valence-electron chi connectivity index (χ4n) is 9.38. The molecular formula is C61H96N4O12Si. The van der Waals surface area contributed by atoms with Crippen LogP contribution in [0.1, 0.15) is 197 Å². The Morgan fingerprint density at radius 3 is 1.51 bits per heavy atom. The average Bonchev–Trinajstić information content (AvgIpc) is 4.04. The molecule has 0 radical (unpaired) electrons. The van der Waals surface area contributed by atoms with Gasteiger partial charge in [-0.05, 0) is 108 Å². The standard InChI is InChI=1S/C34H56N2O6Si.C27H40N2O6/c1-7-8-9-12-17-28(18-13-10-11-16-27(3)32(35)37)42-34(39)30-23-26(2)24-36(30)33(38)29-19-14-15-20-31(29)41-25-40-21-22-43(4,5)6;1-3-4-5-7-12-20(13-8-6-9-16-24(31)25(28)32)35-27(34)22-17-19(2)18-29(22)26(33)21-14-10-11-15-23(21)30/h14-15,19-20,24,27-28,30H,7-13,16-18,21-23,25H2,1-6H3,(H2,35,37);10-11,14-15,18,20,22,24,30-31H,3-9,12-13,16-17H2,1-2H3,(H2,28,32)/t27-,28-,30+;20-,22+,24-/m11/s1. The van der Waals surface area contributed by atoms with Crippen molar-refractivity contribution in [3.63, 3.8) is 0 Å². The van der Waals surface area contributed by atoms with Gasteiger partial charge in [0, 0.05) is 45.8 Å². The molecule has 2 aliphatic heterocycles. The van der Waals surface area contributed by atoms with E-state index in [0.717, 1.165) is 126 Å². The summed E-state index contributed by atoms with van der Waals surface area (Å²) in [4.78, 5) is 78.7. The smallest absolute Gasteiger partial charge is 0.329 e. The minimum absolute atomic E-state index is 0.0657. The number of aliphatic hydroxyl groups excluding tert-OH is 1. The molecular weight excluding hydrogens is 1010 g/mol. The summed E-state index contributed by atoms with van der Waals surface area (Å²) in [6, 6.07) is 13.0. The molecule has 2 heterocycles. The number of aromatic hydroxyl groups is 1. The Morgan fingerprint density at radius 1 is 0.615 bits per heavy atom. The second kappa shape index (κ2) is 35.9. The maximum absolute atomic E-state index is 13.8. The van der Waals surface area contributed by atoms with Gasteiger partial charge in [0.25, 0.3) is 11.8 Å². The highest BCUT2D eigenvalue weighted by Gasteiger charge is 2.38. The average molecular weight is 1110 g/mol. The molecule has 0 unspecified atom stereocenters. The molecule has 436 valence electrons. The molecule has 6 atom stereocenters. The maximum atomic E-state index is 13.8. The van der Waals surface area contributed by atoms with E-state index in [-0.39, 0.29) is 54.0 Å². The number of amides is 4. The number of unbranched alkanes of at least 4 members (excludes halogenated alkanes) is 10. The van der Waals surface area contributed by atoms with Crippen LogP contribution in [-0.2, 0) is 33.4 Å². The number of benzene rings is 2. The van der Waals surface area contributed by atoms with Gasteiger partial charge in [0.05, 0.1) is 11.1 Å². The number of nitrogens with zero attached hydrogens (tertiary/aromatic N) is 2. The molecule has 4 rings (SSSR count). The molecule has 2 aromatic carbocycles. The van der Waals surface area contributed by atoms with Crippen LogP contribution >= 0.6 is 0 Å². The fourth-order valence-corrected chi connectivity index (χ4v) is 10.1. The number of phenolic OH excluding ortho intramolecular Hbond substituents is 1. The lowest BCUT2D eigenvalue weighted by Crippen LogP contribution is -2.41. The number of para-hydroxylation sites is 2. The third kappa shape index (κ3) is 24.7. The Labute approximate surface area is 467 Å². The van der Waals surface area contributed by atoms with Gasteiger partial charge in [-0.3, -0.25) is 19.2 Å². The van der Waals surface area contributed by atoms with Gasteiger partial charge in [0.1, 0.15) is 41.9 Å². The molecule has 2 aliphatic rings. The van der Waals surface area contributed by atoms with Crippen molar-refractivity contribution in [1.82, 2.24) is 9.80 Å². The van der Waals surface area contributed by atoms with Crippen LogP contribution in [0.25, 0.3) is 0 Å². The van der Waals surface area contributed by atoms with E-state index in [1.807, 2.05) is 26.8 Å². The quantitative estimate of drug-likeness (QED) is 0.0216. The summed E-state index contributed by atoms with van der Waals surface area (Å²) < 4.78 is 23.6. The summed E-state index contributed by atoms with van der Waals surface area (Å²) in [7, 11) is -1.21. The zero-order chi connectivity index (χ0) is 57.6. The van der Waals surface area contributed by atoms with Crippen molar-refractivity contribution in [2.24, 2.45) is 17.4 Å². The van der Waals surface area contributed by atoms with Crippen LogP contribution in [0.5, 0.6) is 11.5 Å². The van der Waals surface area contributed by atoms with Crippen molar-refractivity contribution in [2.75, 3.05) is 13.4 Å². The van der Waals surface area contributed by atoms with Crippen LogP contribution in [0, 0.1) is 5.92 Å². The van der Waals surface area contributed by atoms with Crippen molar-refractivity contribution in [2.45, 2.75) is 232 Å². The summed E-state index contributed by atoms with van der Waals surface area (Å²) in [6.07, 6.45) is 20.5. The lowest BCUT2D eigenvalue weighted by atomic mass is 9.99. The van der Waals surface area contributed by atoms with E-state index in [1.54, 1.807) is 42.7 Å². The van der Waals surface area contributed by atoms with Gasteiger partial charge >= 0.3 is 11.9 Å². The number of esters is 2. The molecule has 0 aromatic heterocycles. The van der Waals surface area contributed by atoms with E-state index in [9.17, 15) is 39.0 Å². The summed E-state index contributed by atoms with van der Waals surface area (Å²) >= 11 is 0. The Hall–Kier alpha value is -5.52. The van der Waals surface area contributed by atoms with E-state index in [4.69, 9.17) is 30.4 Å². The number of hydrogen-bond donors (Lipinski definition) is 4. The van der Waals surface area contributed by atoms with E-state index in [2.05, 4.69) is 33.5 Å². The molecule has 17 heteroatoms. The Kier molecular flexibility index (Phi) is 30.7. The van der Waals surface area contributed by atoms with Crippen molar-refractivity contribution in [3.05, 3.63) is 83.2 Å². The highest BCUT2D eigenvalue weighted by Crippen LogP contribution is 2.31. The lowest BCUT2D eigenvalue weighted by Gasteiger charge is -2.26. The second-order valence-electron chi connectivity index (χ2n) is 22.6. The van der Waals surface area contributed by atoms with Gasteiger partial charge in [0.15, 0.2) is 6.79 Å². The highest BCUT2D eigenvalue weighted by molar-refractivity contribution is 6.76. The zero-order valence-corrected chi connectivity index (χ0v) is 49.4. The third-order valence-corrected chi connectivity index (χ3v) is 16.0. The van der Waals surface area contributed by atoms with Crippen molar-refractivity contribution in [3.8, 4) is 11.5 Å². The van der Waals surface area contributed by atoms with Gasteiger partial charge < -0.3 is 50.4 Å². The van der Waals surface area contributed by atoms with Crippen LogP contribution in [0.3, 0.4) is 0 Å². The first kappa shape index (κ1) is 66.8. The van der Waals surface area contributed by atoms with Gasteiger partial charge in [-0.25, -0.2) is 9.59 Å². The molecule has 0 saturated heterocycles. The fraction of sp³-hybridized carbons (Fsp3) is 0.639. The first-order valence-electron chi connectivity index (χ1n) is 28.9. The van der Waals surface area contributed by atoms with Crippen LogP contribution in [0.2, 0.25) is 25.7 Å².